The van der Waals surface area contributed by atoms with Crippen LogP contribution in [0.1, 0.15) is 44.6 Å². The van der Waals surface area contributed by atoms with Gasteiger partial charge in [0.2, 0.25) is 0 Å². The van der Waals surface area contributed by atoms with Crippen LogP contribution >= 0.6 is 0 Å². The Balaban J connectivity index is 1.66. The van der Waals surface area contributed by atoms with E-state index in [1.165, 1.54) is 5.56 Å². The highest BCUT2D eigenvalue weighted by atomic mass is 16.5. The Hall–Kier alpha value is -2.90. The number of ether oxygens (including phenoxy) is 2. The number of pyridine rings is 1. The molecule has 5 rings (SSSR count). The minimum Gasteiger partial charge on any atom is -0.379 e. The Labute approximate surface area is 200 Å². The number of nitrogens with zero attached hydrogens (tertiary/aromatic N) is 3. The van der Waals surface area contributed by atoms with Crippen molar-refractivity contribution in [2.75, 3.05) is 36.7 Å². The molecular formula is C27H35N4O3+. The molecule has 2 fully saturated rings. The van der Waals surface area contributed by atoms with Gasteiger partial charge in [0.25, 0.3) is 0 Å². The molecule has 0 radical (unpaired) electrons. The Morgan fingerprint density at radius 1 is 1.15 bits per heavy atom. The van der Waals surface area contributed by atoms with Crippen LogP contribution in [0, 0.1) is 0 Å². The van der Waals surface area contributed by atoms with E-state index in [2.05, 4.69) is 40.1 Å². The van der Waals surface area contributed by atoms with E-state index in [1.54, 1.807) is 10.5 Å². The summed E-state index contributed by atoms with van der Waals surface area (Å²) in [5.41, 5.74) is 4.36. The Bertz CT molecular complexity index is 1170. The topological polar surface area (TPSA) is 59.1 Å². The largest absolute Gasteiger partial charge is 0.379 e. The Kier molecular flexibility index (Phi) is 7.11. The number of hydrogen-bond acceptors (Lipinski definition) is 5. The number of rotatable bonds is 9. The van der Waals surface area contributed by atoms with Crippen LogP contribution in [0.2, 0.25) is 0 Å². The van der Waals surface area contributed by atoms with Gasteiger partial charge in [-0.25, -0.2) is 9.80 Å². The first kappa shape index (κ1) is 22.9. The van der Waals surface area contributed by atoms with Gasteiger partial charge in [-0.05, 0) is 49.8 Å². The molecule has 4 heterocycles. The summed E-state index contributed by atoms with van der Waals surface area (Å²) in [5, 5.41) is 6.08. The van der Waals surface area contributed by atoms with Crippen LogP contribution in [0.25, 0.3) is 5.65 Å². The average Bonchev–Trinajstić information content (AvgIpc) is 3.57. The molecule has 34 heavy (non-hydrogen) atoms. The second kappa shape index (κ2) is 10.6. The quantitative estimate of drug-likeness (QED) is 0.492. The number of unbranched alkanes of at least 4 members (excludes halogenated alkanes) is 1. The van der Waals surface area contributed by atoms with Crippen molar-refractivity contribution in [1.82, 2.24) is 4.40 Å². The van der Waals surface area contributed by atoms with Crippen molar-refractivity contribution in [2.45, 2.75) is 57.6 Å². The monoisotopic (exact) mass is 463 g/mol. The molecule has 0 amide bonds. The third-order valence-corrected chi connectivity index (χ3v) is 6.80. The van der Waals surface area contributed by atoms with E-state index in [0.29, 0.717) is 12.6 Å². The van der Waals surface area contributed by atoms with E-state index in [9.17, 15) is 4.79 Å². The average molecular weight is 464 g/mol. The second-order valence-corrected chi connectivity index (χ2v) is 9.27. The molecule has 2 aromatic heterocycles. The van der Waals surface area contributed by atoms with Gasteiger partial charge in [0.15, 0.2) is 0 Å². The van der Waals surface area contributed by atoms with E-state index in [1.807, 2.05) is 30.6 Å². The first-order chi connectivity index (χ1) is 16.7. The summed E-state index contributed by atoms with van der Waals surface area (Å²) in [6, 6.07) is 14.4. The number of aryl methyl sites for hydroxylation is 1. The van der Waals surface area contributed by atoms with Crippen molar-refractivity contribution in [2.24, 2.45) is 0 Å². The Morgan fingerprint density at radius 2 is 2.09 bits per heavy atom. The van der Waals surface area contributed by atoms with Gasteiger partial charge in [0.1, 0.15) is 11.9 Å². The van der Waals surface area contributed by atoms with Gasteiger partial charge in [0, 0.05) is 19.3 Å². The lowest BCUT2D eigenvalue weighted by atomic mass is 10.0. The van der Waals surface area contributed by atoms with Crippen LogP contribution in [0.5, 0.6) is 0 Å². The molecule has 2 aliphatic rings. The van der Waals surface area contributed by atoms with Crippen molar-refractivity contribution in [3.8, 4) is 0 Å². The highest BCUT2D eigenvalue weighted by molar-refractivity contribution is 5.73. The fourth-order valence-corrected chi connectivity index (χ4v) is 5.02. The highest BCUT2D eigenvalue weighted by Crippen LogP contribution is 2.33. The molecule has 0 saturated carbocycles. The molecule has 2 aliphatic heterocycles. The van der Waals surface area contributed by atoms with Crippen molar-refractivity contribution < 1.29 is 14.1 Å². The smallest absolute Gasteiger partial charge is 0.342 e. The van der Waals surface area contributed by atoms with Gasteiger partial charge >= 0.3 is 11.2 Å². The van der Waals surface area contributed by atoms with E-state index in [4.69, 9.17) is 9.47 Å². The van der Waals surface area contributed by atoms with Gasteiger partial charge in [-0.15, -0.1) is 4.68 Å². The molecule has 2 saturated heterocycles. The van der Waals surface area contributed by atoms with Crippen molar-refractivity contribution in [1.29, 1.82) is 0 Å². The molecule has 7 nitrogen and oxygen atoms in total. The first-order valence-electron chi connectivity index (χ1n) is 12.6. The van der Waals surface area contributed by atoms with E-state index in [0.717, 1.165) is 75.4 Å². The number of hydrogen-bond donors (Lipinski definition) is 1. The van der Waals surface area contributed by atoms with Gasteiger partial charge < -0.3 is 14.8 Å². The van der Waals surface area contributed by atoms with Crippen LogP contribution in [-0.4, -0.2) is 42.9 Å². The Morgan fingerprint density at radius 3 is 2.88 bits per heavy atom. The summed E-state index contributed by atoms with van der Waals surface area (Å²) in [6.07, 6.45) is 10.2. The minimum atomic E-state index is -0.0374. The summed E-state index contributed by atoms with van der Waals surface area (Å²) >= 11 is 0. The summed E-state index contributed by atoms with van der Waals surface area (Å²) in [4.78, 5) is 12.6. The van der Waals surface area contributed by atoms with E-state index < -0.39 is 0 Å². The fraction of sp³-hybridized carbons (Fsp3) is 0.481. The first-order valence-corrected chi connectivity index (χ1v) is 12.6. The summed E-state index contributed by atoms with van der Waals surface area (Å²) < 4.78 is 15.6. The number of anilines is 2. The zero-order valence-corrected chi connectivity index (χ0v) is 20.0. The fourth-order valence-electron chi connectivity index (χ4n) is 5.02. The number of fused-ring (bicyclic) bond motifs is 1. The van der Waals surface area contributed by atoms with Crippen molar-refractivity contribution >= 4 is 17.0 Å². The lowest BCUT2D eigenvalue weighted by Gasteiger charge is -2.30. The third-order valence-electron chi connectivity index (χ3n) is 6.80. The van der Waals surface area contributed by atoms with Crippen molar-refractivity contribution in [3.05, 3.63) is 70.8 Å². The molecule has 180 valence electrons. The lowest BCUT2D eigenvalue weighted by molar-refractivity contribution is -0.662. The lowest BCUT2D eigenvalue weighted by Crippen LogP contribution is -2.59. The summed E-state index contributed by atoms with van der Waals surface area (Å²) in [7, 11) is 0. The third kappa shape index (κ3) is 4.81. The van der Waals surface area contributed by atoms with Crippen LogP contribution < -0.4 is 20.6 Å². The predicted molar refractivity (Wildman–Crippen MR) is 133 cm³/mol. The zero-order valence-electron chi connectivity index (χ0n) is 20.0. The second-order valence-electron chi connectivity index (χ2n) is 9.27. The van der Waals surface area contributed by atoms with E-state index in [-0.39, 0.29) is 11.7 Å². The summed E-state index contributed by atoms with van der Waals surface area (Å²) in [5.74, 6) is 0. The summed E-state index contributed by atoms with van der Waals surface area (Å²) in [6.45, 7) is 5.27. The molecule has 0 bridgehead atoms. The molecule has 3 aromatic rings. The zero-order chi connectivity index (χ0) is 23.3. The van der Waals surface area contributed by atoms with Gasteiger partial charge in [0.05, 0.1) is 43.2 Å². The predicted octanol–water partition coefficient (Wildman–Crippen LogP) is 3.58. The van der Waals surface area contributed by atoms with Crippen LogP contribution in [-0.2, 0) is 15.9 Å². The van der Waals surface area contributed by atoms with Crippen LogP contribution in [0.4, 0.5) is 11.4 Å². The standard InChI is InChI=1S/C27H35N4O3/c1-2-3-8-21-9-6-11-24(28-22-14-18-33-20-22)27(21)31(19-23-10-7-17-34-23)30-16-13-26(32)29-15-5-4-12-25(29)30/h4-6,9,11-13,15-16,22-23,28H,2-3,7-8,10,14,17-20H2,1H3/q+1. The van der Waals surface area contributed by atoms with Crippen LogP contribution in [0.15, 0.2) is 59.7 Å². The maximum atomic E-state index is 12.6. The minimum absolute atomic E-state index is 0.0374. The van der Waals surface area contributed by atoms with Gasteiger partial charge in [-0.2, -0.15) is 4.40 Å². The van der Waals surface area contributed by atoms with E-state index >= 15 is 0 Å². The molecule has 0 aliphatic carbocycles. The number of aromatic nitrogens is 2. The van der Waals surface area contributed by atoms with Gasteiger partial charge in [-0.3, -0.25) is 0 Å². The number of benzene rings is 1. The van der Waals surface area contributed by atoms with Crippen LogP contribution in [0.3, 0.4) is 0 Å². The molecule has 2 unspecified atom stereocenters. The molecule has 7 heteroatoms. The molecular weight excluding hydrogens is 428 g/mol. The number of nitrogens with one attached hydrogen (secondary N) is 1. The van der Waals surface area contributed by atoms with Gasteiger partial charge in [-0.1, -0.05) is 31.5 Å². The number of para-hydroxylation sites is 1. The maximum Gasteiger partial charge on any atom is 0.342 e. The molecule has 2 atom stereocenters. The molecule has 0 spiro atoms. The highest BCUT2D eigenvalue weighted by Gasteiger charge is 2.29. The SMILES string of the molecule is CCCCc1cccc(NC2CCOC2)c1N(CC1CCCO1)[n+]1ccc(=O)n2ccccc21. The molecule has 1 aromatic carbocycles. The normalized spacial score (nSPS) is 20.1. The maximum absolute atomic E-state index is 12.6. The van der Waals surface area contributed by atoms with Crippen molar-refractivity contribution in [3.63, 3.8) is 0 Å². The molecule has 1 N–H and O–H groups in total.